The quantitative estimate of drug-likeness (QED) is 0.708. The number of thiophene rings is 1. The summed E-state index contributed by atoms with van der Waals surface area (Å²) in [6.07, 6.45) is -0.557. The van der Waals surface area contributed by atoms with E-state index in [1.165, 1.54) is 15.6 Å². The molecule has 0 fully saturated rings. The van der Waals surface area contributed by atoms with Crippen molar-refractivity contribution in [1.29, 1.82) is 0 Å². The molecule has 1 heterocycles. The molecular formula is C18H18OS. The topological polar surface area (TPSA) is 20.2 Å². The fourth-order valence-electron chi connectivity index (χ4n) is 3.01. The maximum atomic E-state index is 10.9. The van der Waals surface area contributed by atoms with Gasteiger partial charge < -0.3 is 5.11 Å². The molecule has 2 heteroatoms. The molecule has 0 bridgehead atoms. The number of aliphatic hydroxyl groups excluding tert-OH is 1. The number of fused-ring (bicyclic) bond motifs is 1. The van der Waals surface area contributed by atoms with Gasteiger partial charge in [0.25, 0.3) is 0 Å². The first-order chi connectivity index (χ1) is 9.58. The molecule has 102 valence electrons. The molecule has 0 aliphatic rings. The highest BCUT2D eigenvalue weighted by Gasteiger charge is 2.18. The Bertz CT molecular complexity index is 747. The minimum Gasteiger partial charge on any atom is -0.384 e. The Morgan fingerprint density at radius 1 is 1.00 bits per heavy atom. The van der Waals surface area contributed by atoms with Crippen LogP contribution in [0.2, 0.25) is 0 Å². The summed E-state index contributed by atoms with van der Waals surface area (Å²) in [5.41, 5.74) is 5.60. The Morgan fingerprint density at radius 2 is 1.70 bits per heavy atom. The number of hydrogen-bond donors (Lipinski definition) is 1. The molecule has 20 heavy (non-hydrogen) atoms. The molecule has 3 aromatic rings. The van der Waals surface area contributed by atoms with Gasteiger partial charge in [-0.3, -0.25) is 0 Å². The summed E-state index contributed by atoms with van der Waals surface area (Å²) in [6.45, 7) is 6.25. The lowest BCUT2D eigenvalue weighted by atomic mass is 9.91. The Morgan fingerprint density at radius 3 is 2.40 bits per heavy atom. The second kappa shape index (κ2) is 5.04. The van der Waals surface area contributed by atoms with Gasteiger partial charge in [0.2, 0.25) is 0 Å². The summed E-state index contributed by atoms with van der Waals surface area (Å²) in [5.74, 6) is 0. The van der Waals surface area contributed by atoms with E-state index in [-0.39, 0.29) is 0 Å². The first-order valence-corrected chi connectivity index (χ1v) is 7.68. The van der Waals surface area contributed by atoms with Crippen LogP contribution in [0.5, 0.6) is 0 Å². The second-order valence-corrected chi connectivity index (χ2v) is 6.32. The average Bonchev–Trinajstić information content (AvgIpc) is 2.85. The van der Waals surface area contributed by atoms with E-state index < -0.39 is 6.10 Å². The van der Waals surface area contributed by atoms with Gasteiger partial charge in [0.05, 0.1) is 0 Å². The Balaban J connectivity index is 2.18. The van der Waals surface area contributed by atoms with Crippen LogP contribution >= 0.6 is 11.3 Å². The zero-order valence-electron chi connectivity index (χ0n) is 12.0. The second-order valence-electron chi connectivity index (χ2n) is 5.40. The number of rotatable bonds is 2. The van der Waals surface area contributed by atoms with Crippen molar-refractivity contribution in [1.82, 2.24) is 0 Å². The summed E-state index contributed by atoms with van der Waals surface area (Å²) >= 11 is 1.69. The minimum absolute atomic E-state index is 0.557. The van der Waals surface area contributed by atoms with Crippen LogP contribution < -0.4 is 0 Å². The first kappa shape index (κ1) is 13.3. The molecule has 0 spiro atoms. The lowest BCUT2D eigenvalue weighted by Crippen LogP contribution is -2.05. The summed E-state index contributed by atoms with van der Waals surface area (Å²) in [4.78, 5) is 0. The van der Waals surface area contributed by atoms with Crippen LogP contribution in [0.15, 0.2) is 41.8 Å². The van der Waals surface area contributed by atoms with E-state index >= 15 is 0 Å². The standard InChI is InChI=1S/C18H18OS/c1-11-9-12(2)16(13(3)10-11)17(19)15-6-4-5-14-7-8-20-18(14)15/h4-10,17,19H,1-3H3. The number of aryl methyl sites for hydroxylation is 3. The molecule has 0 aliphatic carbocycles. The fourth-order valence-corrected chi connectivity index (χ4v) is 3.95. The molecule has 1 aromatic heterocycles. The van der Waals surface area contributed by atoms with Gasteiger partial charge in [-0.1, -0.05) is 35.9 Å². The van der Waals surface area contributed by atoms with Crippen molar-refractivity contribution in [3.05, 3.63) is 69.6 Å². The zero-order valence-corrected chi connectivity index (χ0v) is 12.8. The maximum absolute atomic E-state index is 10.9. The van der Waals surface area contributed by atoms with E-state index in [1.807, 2.05) is 12.1 Å². The number of benzene rings is 2. The van der Waals surface area contributed by atoms with Gasteiger partial charge in [-0.15, -0.1) is 11.3 Å². The third-order valence-corrected chi connectivity index (χ3v) is 4.79. The minimum atomic E-state index is -0.557. The van der Waals surface area contributed by atoms with Crippen molar-refractivity contribution in [2.45, 2.75) is 26.9 Å². The Hall–Kier alpha value is -1.64. The smallest absolute Gasteiger partial charge is 0.106 e. The van der Waals surface area contributed by atoms with Crippen molar-refractivity contribution < 1.29 is 5.11 Å². The molecule has 1 N–H and O–H groups in total. The molecule has 1 nitrogen and oxygen atoms in total. The zero-order chi connectivity index (χ0) is 14.3. The predicted octanol–water partition coefficient (Wildman–Crippen LogP) is 4.91. The highest BCUT2D eigenvalue weighted by atomic mass is 32.1. The van der Waals surface area contributed by atoms with Gasteiger partial charge in [0.15, 0.2) is 0 Å². The van der Waals surface area contributed by atoms with Crippen LogP contribution in [-0.2, 0) is 0 Å². The molecule has 1 atom stereocenters. The lowest BCUT2D eigenvalue weighted by molar-refractivity contribution is 0.220. The van der Waals surface area contributed by atoms with Gasteiger partial charge in [0, 0.05) is 10.3 Å². The van der Waals surface area contributed by atoms with Crippen molar-refractivity contribution in [3.63, 3.8) is 0 Å². The van der Waals surface area contributed by atoms with Crippen molar-refractivity contribution in [2.75, 3.05) is 0 Å². The van der Waals surface area contributed by atoms with E-state index in [9.17, 15) is 5.11 Å². The fraction of sp³-hybridized carbons (Fsp3) is 0.222. The molecular weight excluding hydrogens is 264 g/mol. The molecule has 0 saturated heterocycles. The summed E-state index contributed by atoms with van der Waals surface area (Å²) in [5, 5.41) is 14.1. The van der Waals surface area contributed by atoms with Crippen LogP contribution in [0.25, 0.3) is 10.1 Å². The Labute approximate surface area is 123 Å². The monoisotopic (exact) mass is 282 g/mol. The number of aliphatic hydroxyl groups is 1. The number of hydrogen-bond acceptors (Lipinski definition) is 2. The SMILES string of the molecule is Cc1cc(C)c(C(O)c2cccc3ccsc23)c(C)c1. The largest absolute Gasteiger partial charge is 0.384 e. The summed E-state index contributed by atoms with van der Waals surface area (Å²) < 4.78 is 1.18. The highest BCUT2D eigenvalue weighted by Crippen LogP contribution is 2.35. The van der Waals surface area contributed by atoms with Gasteiger partial charge in [-0.25, -0.2) is 0 Å². The van der Waals surface area contributed by atoms with E-state index in [0.29, 0.717) is 0 Å². The van der Waals surface area contributed by atoms with Crippen LogP contribution in [-0.4, -0.2) is 5.11 Å². The van der Waals surface area contributed by atoms with Gasteiger partial charge in [-0.05, 0) is 54.3 Å². The third kappa shape index (κ3) is 2.15. The van der Waals surface area contributed by atoms with Crippen LogP contribution in [0, 0.1) is 20.8 Å². The van der Waals surface area contributed by atoms with Crippen molar-refractivity contribution >= 4 is 21.4 Å². The van der Waals surface area contributed by atoms with E-state index in [0.717, 1.165) is 22.3 Å². The Kier molecular flexibility index (Phi) is 3.36. The van der Waals surface area contributed by atoms with Crippen molar-refractivity contribution in [2.24, 2.45) is 0 Å². The van der Waals surface area contributed by atoms with Gasteiger partial charge in [0.1, 0.15) is 6.10 Å². The molecule has 0 amide bonds. The normalized spacial score (nSPS) is 12.8. The molecule has 3 rings (SSSR count). The molecule has 2 aromatic carbocycles. The highest BCUT2D eigenvalue weighted by molar-refractivity contribution is 7.17. The van der Waals surface area contributed by atoms with E-state index in [1.54, 1.807) is 11.3 Å². The molecule has 0 radical (unpaired) electrons. The molecule has 1 unspecified atom stereocenters. The molecule has 0 aliphatic heterocycles. The maximum Gasteiger partial charge on any atom is 0.106 e. The first-order valence-electron chi connectivity index (χ1n) is 6.80. The van der Waals surface area contributed by atoms with Gasteiger partial charge in [-0.2, -0.15) is 0 Å². The van der Waals surface area contributed by atoms with E-state index in [2.05, 4.69) is 50.4 Å². The van der Waals surface area contributed by atoms with Crippen LogP contribution in [0.3, 0.4) is 0 Å². The predicted molar refractivity (Wildman–Crippen MR) is 86.5 cm³/mol. The van der Waals surface area contributed by atoms with Crippen LogP contribution in [0.1, 0.15) is 33.9 Å². The summed E-state index contributed by atoms with van der Waals surface area (Å²) in [7, 11) is 0. The third-order valence-electron chi connectivity index (χ3n) is 3.82. The van der Waals surface area contributed by atoms with Crippen LogP contribution in [0.4, 0.5) is 0 Å². The van der Waals surface area contributed by atoms with Gasteiger partial charge >= 0.3 is 0 Å². The summed E-state index contributed by atoms with van der Waals surface area (Å²) in [6, 6.07) is 12.5. The van der Waals surface area contributed by atoms with E-state index in [4.69, 9.17) is 0 Å². The average molecular weight is 282 g/mol. The molecule has 0 saturated carbocycles. The van der Waals surface area contributed by atoms with Crippen molar-refractivity contribution in [3.8, 4) is 0 Å². The lowest BCUT2D eigenvalue weighted by Gasteiger charge is -2.18.